The number of carbonyl (C=O) groups excluding carboxylic acids is 1. The fourth-order valence-corrected chi connectivity index (χ4v) is 6.74. The van der Waals surface area contributed by atoms with E-state index >= 15 is 0 Å². The molecule has 4 nitrogen and oxygen atoms in total. The van der Waals surface area contributed by atoms with Crippen molar-refractivity contribution in [2.45, 2.75) is 102 Å². The summed E-state index contributed by atoms with van der Waals surface area (Å²) in [5.41, 5.74) is 0. The van der Waals surface area contributed by atoms with Crippen molar-refractivity contribution in [3.8, 4) is 0 Å². The summed E-state index contributed by atoms with van der Waals surface area (Å²) in [5.74, 6) is -4.35. The first-order chi connectivity index (χ1) is 17.3. The predicted octanol–water partition coefficient (Wildman–Crippen LogP) is 6.36. The van der Waals surface area contributed by atoms with Gasteiger partial charge in [-0.2, -0.15) is 26.3 Å². The van der Waals surface area contributed by atoms with Crippen molar-refractivity contribution in [3.05, 3.63) is 0 Å². The molecule has 2 aliphatic carbocycles. The Balaban J connectivity index is 1.65. The lowest BCUT2D eigenvalue weighted by Crippen LogP contribution is -2.59. The van der Waals surface area contributed by atoms with Gasteiger partial charge in [0.25, 0.3) is 0 Å². The third-order valence-electron chi connectivity index (χ3n) is 9.29. The zero-order valence-corrected chi connectivity index (χ0v) is 22.6. The van der Waals surface area contributed by atoms with Crippen molar-refractivity contribution in [1.29, 1.82) is 0 Å². The van der Waals surface area contributed by atoms with Crippen molar-refractivity contribution in [2.75, 3.05) is 39.8 Å². The Hall–Kier alpha value is -1.03. The van der Waals surface area contributed by atoms with Gasteiger partial charge in [0.15, 0.2) is 0 Å². The van der Waals surface area contributed by atoms with Gasteiger partial charge >= 0.3 is 12.4 Å². The monoisotopic (exact) mass is 541 g/mol. The van der Waals surface area contributed by atoms with Crippen LogP contribution >= 0.6 is 0 Å². The molecule has 0 N–H and O–H groups in total. The minimum absolute atomic E-state index is 0.0283. The number of nitrogens with zero attached hydrogens (tertiary/aromatic N) is 3. The zero-order chi connectivity index (χ0) is 27.4. The third kappa shape index (κ3) is 8.23. The Morgan fingerprint density at radius 3 is 1.86 bits per heavy atom. The number of alkyl halides is 6. The van der Waals surface area contributed by atoms with Gasteiger partial charge in [0.2, 0.25) is 5.91 Å². The number of rotatable bonds is 8. The van der Waals surface area contributed by atoms with Crippen LogP contribution in [0.25, 0.3) is 0 Å². The van der Waals surface area contributed by atoms with E-state index in [1.165, 1.54) is 0 Å². The number of carbonyl (C=O) groups is 1. The molecule has 4 atom stereocenters. The number of likely N-dealkylation sites (N-methyl/N-ethyl adjacent to an activating group) is 1. The molecule has 4 unspecified atom stereocenters. The molecule has 0 spiro atoms. The van der Waals surface area contributed by atoms with Crippen molar-refractivity contribution in [3.63, 3.8) is 0 Å². The Morgan fingerprint density at radius 2 is 1.38 bits per heavy atom. The molecule has 1 saturated heterocycles. The van der Waals surface area contributed by atoms with Crippen LogP contribution in [0.5, 0.6) is 0 Å². The number of hydrogen-bond donors (Lipinski definition) is 0. The molecule has 3 rings (SSSR count). The normalized spacial score (nSPS) is 29.2. The summed E-state index contributed by atoms with van der Waals surface area (Å²) < 4.78 is 80.3. The zero-order valence-electron chi connectivity index (χ0n) is 22.6. The highest BCUT2D eigenvalue weighted by atomic mass is 19.4. The van der Waals surface area contributed by atoms with Gasteiger partial charge in [-0.15, -0.1) is 0 Å². The second-order valence-corrected chi connectivity index (χ2v) is 11.8. The van der Waals surface area contributed by atoms with Crippen LogP contribution in [0.2, 0.25) is 0 Å². The van der Waals surface area contributed by atoms with Gasteiger partial charge in [-0.1, -0.05) is 26.2 Å². The van der Waals surface area contributed by atoms with Crippen molar-refractivity contribution in [1.82, 2.24) is 14.7 Å². The summed E-state index contributed by atoms with van der Waals surface area (Å²) in [6.07, 6.45) is -4.18. The standard InChI is InChI=1S/C27H45F6N3O/c1-4-19(2)35-12-14-36(15-13-35)24(21-8-6-5-7-9-21)25(37)34(3)11-10-20-16-22(26(28,29)30)18-23(17-20)27(31,32)33/h19-24H,4-18H2,1-3H3. The molecule has 2 saturated carbocycles. The lowest BCUT2D eigenvalue weighted by molar-refractivity contribution is -0.229. The van der Waals surface area contributed by atoms with Gasteiger partial charge in [-0.05, 0) is 63.7 Å². The quantitative estimate of drug-likeness (QED) is 0.335. The minimum Gasteiger partial charge on any atom is -0.344 e. The van der Waals surface area contributed by atoms with Gasteiger partial charge in [0.1, 0.15) is 0 Å². The summed E-state index contributed by atoms with van der Waals surface area (Å²) in [6.45, 7) is 7.97. The van der Waals surface area contributed by atoms with Crippen LogP contribution in [-0.2, 0) is 4.79 Å². The van der Waals surface area contributed by atoms with Crippen LogP contribution < -0.4 is 0 Å². The van der Waals surface area contributed by atoms with Crippen molar-refractivity contribution < 1.29 is 31.1 Å². The highest BCUT2D eigenvalue weighted by Gasteiger charge is 2.51. The Kier molecular flexibility index (Phi) is 10.6. The highest BCUT2D eigenvalue weighted by Crippen LogP contribution is 2.48. The van der Waals surface area contributed by atoms with Crippen molar-refractivity contribution >= 4 is 5.91 Å². The molecule has 0 aromatic carbocycles. The minimum atomic E-state index is -4.63. The van der Waals surface area contributed by atoms with Gasteiger partial charge in [-0.3, -0.25) is 14.6 Å². The smallest absolute Gasteiger partial charge is 0.344 e. The molecule has 1 heterocycles. The molecule has 3 aliphatic rings. The van der Waals surface area contributed by atoms with Crippen LogP contribution in [0.3, 0.4) is 0 Å². The van der Waals surface area contributed by atoms with E-state index in [1.54, 1.807) is 11.9 Å². The fraction of sp³-hybridized carbons (Fsp3) is 0.963. The first kappa shape index (κ1) is 30.5. The van der Waals surface area contributed by atoms with Crippen LogP contribution in [0.15, 0.2) is 0 Å². The van der Waals surface area contributed by atoms with Crippen LogP contribution in [0.1, 0.15) is 78.1 Å². The maximum Gasteiger partial charge on any atom is 0.391 e. The van der Waals surface area contributed by atoms with E-state index in [4.69, 9.17) is 0 Å². The van der Waals surface area contributed by atoms with E-state index < -0.39 is 36.5 Å². The van der Waals surface area contributed by atoms with E-state index in [-0.39, 0.29) is 43.7 Å². The molecule has 37 heavy (non-hydrogen) atoms. The molecule has 1 amide bonds. The summed E-state index contributed by atoms with van der Waals surface area (Å²) in [6, 6.07) is 0.229. The average molecular weight is 542 g/mol. The van der Waals surface area contributed by atoms with Gasteiger partial charge < -0.3 is 4.90 Å². The van der Waals surface area contributed by atoms with Crippen LogP contribution in [0, 0.1) is 23.7 Å². The first-order valence-corrected chi connectivity index (χ1v) is 14.2. The average Bonchev–Trinajstić information content (AvgIpc) is 2.86. The van der Waals surface area contributed by atoms with E-state index in [9.17, 15) is 31.1 Å². The Labute approximate surface area is 218 Å². The highest BCUT2D eigenvalue weighted by molar-refractivity contribution is 5.82. The number of piperazine rings is 1. The fourth-order valence-electron chi connectivity index (χ4n) is 6.74. The lowest BCUT2D eigenvalue weighted by atomic mass is 9.73. The number of amides is 1. The Bertz CT molecular complexity index is 694. The maximum atomic E-state index is 13.7. The SMILES string of the molecule is CCC(C)N1CCN(C(C(=O)N(C)CCC2CC(C(F)(F)F)CC(C(F)(F)F)C2)C2CCCCC2)CC1. The molecule has 1 aliphatic heterocycles. The van der Waals surface area contributed by atoms with E-state index in [0.717, 1.165) is 64.7 Å². The first-order valence-electron chi connectivity index (χ1n) is 14.2. The van der Waals surface area contributed by atoms with E-state index in [0.29, 0.717) is 6.04 Å². The predicted molar refractivity (Wildman–Crippen MR) is 132 cm³/mol. The van der Waals surface area contributed by atoms with Gasteiger partial charge in [0.05, 0.1) is 17.9 Å². The largest absolute Gasteiger partial charge is 0.391 e. The summed E-state index contributed by atoms with van der Waals surface area (Å²) >= 11 is 0. The molecule has 10 heteroatoms. The lowest BCUT2D eigenvalue weighted by Gasteiger charge is -2.45. The number of hydrogen-bond acceptors (Lipinski definition) is 3. The molecule has 3 fully saturated rings. The van der Waals surface area contributed by atoms with E-state index in [2.05, 4.69) is 23.6 Å². The van der Waals surface area contributed by atoms with Gasteiger partial charge in [0, 0.05) is 45.8 Å². The van der Waals surface area contributed by atoms with Crippen molar-refractivity contribution in [2.24, 2.45) is 23.7 Å². The van der Waals surface area contributed by atoms with Crippen LogP contribution in [-0.4, -0.2) is 84.8 Å². The molecular formula is C27H45F6N3O. The Morgan fingerprint density at radius 1 is 0.865 bits per heavy atom. The summed E-state index contributed by atoms with van der Waals surface area (Å²) in [5, 5.41) is 0. The second-order valence-electron chi connectivity index (χ2n) is 11.8. The molecule has 0 aromatic rings. The molecule has 0 radical (unpaired) electrons. The second kappa shape index (κ2) is 12.9. The molecular weight excluding hydrogens is 496 g/mol. The third-order valence-corrected chi connectivity index (χ3v) is 9.29. The summed E-state index contributed by atoms with van der Waals surface area (Å²) in [7, 11) is 1.67. The topological polar surface area (TPSA) is 26.8 Å². The molecule has 0 bridgehead atoms. The maximum absolute atomic E-state index is 13.7. The van der Waals surface area contributed by atoms with Gasteiger partial charge in [-0.25, -0.2) is 0 Å². The van der Waals surface area contributed by atoms with E-state index in [1.807, 2.05) is 0 Å². The summed E-state index contributed by atoms with van der Waals surface area (Å²) in [4.78, 5) is 20.1. The van der Waals surface area contributed by atoms with Crippen LogP contribution in [0.4, 0.5) is 26.3 Å². The molecule has 0 aromatic heterocycles. The molecule has 216 valence electrons. The number of halogens is 6.